The topological polar surface area (TPSA) is 325 Å². The summed E-state index contributed by atoms with van der Waals surface area (Å²) in [5.41, 5.74) is 23.0. The van der Waals surface area contributed by atoms with Gasteiger partial charge in [0, 0.05) is 30.1 Å². The minimum atomic E-state index is -0.896. The van der Waals surface area contributed by atoms with Gasteiger partial charge in [-0.15, -0.1) is 0 Å². The van der Waals surface area contributed by atoms with E-state index in [2.05, 4.69) is 78.0 Å². The molecule has 362 valence electrons. The molecule has 1 amide bonds. The summed E-state index contributed by atoms with van der Waals surface area (Å²) in [4.78, 5) is 48.4. The number of nitrogens with one attached hydrogen (secondary N) is 1. The SMILES string of the molecule is CC(=O)Nc1nc2cc(CC[C@H]3C[C@@H](n4ccc5c(N)ncnc54)[C@H](O)[C@@H]3O)ccc2cc1Br.Nc1nc2cc(CC[C@H]3C[C@@H](n4ccc5c(N)ncnc54)[C@H](O)[C@@H]3O)ccc2cc1Br.O=CO[O-].[H-].[K+].[K+]. The zero-order chi connectivity index (χ0) is 49.1. The molecule has 6 heterocycles. The zero-order valence-corrected chi connectivity index (χ0v) is 48.4. The number of hydrogen-bond acceptors (Lipinski definition) is 17. The van der Waals surface area contributed by atoms with Crippen molar-refractivity contribution in [3.63, 3.8) is 0 Å². The first-order chi connectivity index (χ1) is 33.1. The predicted molar refractivity (Wildman–Crippen MR) is 265 cm³/mol. The van der Waals surface area contributed by atoms with E-state index in [-0.39, 0.29) is 140 Å². The van der Waals surface area contributed by atoms with Crippen LogP contribution in [0.3, 0.4) is 0 Å². The van der Waals surface area contributed by atoms with E-state index in [4.69, 9.17) is 27.3 Å². The summed E-state index contributed by atoms with van der Waals surface area (Å²) in [6.07, 6.45) is 7.39. The molecule has 20 nitrogen and oxygen atoms in total. The van der Waals surface area contributed by atoms with E-state index in [1.54, 1.807) is 0 Å². The van der Waals surface area contributed by atoms with Crippen LogP contribution in [0.1, 0.15) is 57.2 Å². The first-order valence-corrected chi connectivity index (χ1v) is 23.5. The Kier molecular flexibility index (Phi) is 20.5. The van der Waals surface area contributed by atoms with Gasteiger partial charge >= 0.3 is 103 Å². The maximum absolute atomic E-state index is 11.4. The van der Waals surface area contributed by atoms with Gasteiger partial charge < -0.3 is 63.6 Å². The number of nitrogen functional groups attached to an aromatic ring is 3. The smallest absolute Gasteiger partial charge is 1.00 e. The van der Waals surface area contributed by atoms with Gasteiger partial charge in [0.25, 0.3) is 6.47 Å². The molecular formula is C47H50Br2K2N12O8. The fraction of sp³-hybridized carbons (Fsp3) is 0.319. The Morgan fingerprint density at radius 1 is 0.718 bits per heavy atom. The average molecular weight is 1150 g/mol. The van der Waals surface area contributed by atoms with E-state index in [0.29, 0.717) is 53.8 Å². The third-order valence-corrected chi connectivity index (χ3v) is 14.2. The molecule has 0 bridgehead atoms. The van der Waals surface area contributed by atoms with Gasteiger partial charge in [-0.25, -0.2) is 29.9 Å². The van der Waals surface area contributed by atoms with Crippen molar-refractivity contribution >= 4 is 111 Å². The number of aryl methyl sites for hydroxylation is 2. The number of nitrogens with zero attached hydrogens (tertiary/aromatic N) is 8. The third kappa shape index (κ3) is 12.9. The van der Waals surface area contributed by atoms with Gasteiger partial charge in [-0.3, -0.25) is 9.59 Å². The number of pyridine rings is 2. The van der Waals surface area contributed by atoms with Gasteiger partial charge in [0.05, 0.1) is 55.0 Å². The number of aliphatic hydroxyl groups excluding tert-OH is 4. The number of aliphatic hydroxyl groups is 4. The number of rotatable bonds is 10. The molecule has 24 heteroatoms. The van der Waals surface area contributed by atoms with Crippen LogP contribution in [0.5, 0.6) is 0 Å². The molecule has 2 aliphatic carbocycles. The summed E-state index contributed by atoms with van der Waals surface area (Å²) in [5.74, 6) is 1.47. The summed E-state index contributed by atoms with van der Waals surface area (Å²) in [5, 5.41) is 57.7. The Hall–Kier alpha value is -3.13. The Morgan fingerprint density at radius 2 is 1.17 bits per heavy atom. The van der Waals surface area contributed by atoms with E-state index >= 15 is 0 Å². The second-order valence-electron chi connectivity index (χ2n) is 17.2. The minimum Gasteiger partial charge on any atom is -1.00 e. The summed E-state index contributed by atoms with van der Waals surface area (Å²) >= 11 is 6.85. The van der Waals surface area contributed by atoms with Gasteiger partial charge in [-0.1, -0.05) is 24.3 Å². The zero-order valence-electron chi connectivity index (χ0n) is 40.0. The van der Waals surface area contributed by atoms with Crippen LogP contribution in [0, 0.1) is 11.8 Å². The predicted octanol–water partition coefficient (Wildman–Crippen LogP) is -1.42. The standard InChI is InChI=1S/C24H25BrN6O3.C22H23BrN6O2.CH2O3.2K.H/c1-12(32)29-23-17(25)9-14-4-2-13(8-18(14)30-23)3-5-15-10-19(21(34)20(15)33)31-7-6-16-22(26)27-11-28-24(16)31;23-15-8-12-3-1-11(7-16(12)28-21(15)25)2-4-13-9-17(19(31)18(13)30)29-6-5-14-20(24)26-10-27-22(14)29;2-1-4-3;;;/h2,4,6-9,11,15,19-21,33-34H,3,5,10H2,1H3,(H2,26,27,28)(H,29,30,32);1,3,5-8,10,13,17-19,30-31H,2,4,9H2,(H2,25,28)(H2,24,26,27);1,3H;;;/q;;;2*+1;-1/p-1/t15-,19+,20+,21-;13-,17+,18+,19-;;;;/m00..../s1. The Morgan fingerprint density at radius 3 is 1.62 bits per heavy atom. The van der Waals surface area contributed by atoms with Crippen molar-refractivity contribution in [2.45, 2.75) is 81.9 Å². The van der Waals surface area contributed by atoms with E-state index in [9.17, 15) is 25.2 Å². The number of carbonyl (C=O) groups is 2. The molecule has 11 N–H and O–H groups in total. The molecule has 0 aliphatic heterocycles. The van der Waals surface area contributed by atoms with E-state index < -0.39 is 24.4 Å². The van der Waals surface area contributed by atoms with E-state index in [1.165, 1.54) is 19.6 Å². The first kappa shape index (κ1) is 57.2. The summed E-state index contributed by atoms with van der Waals surface area (Å²) in [6.45, 7) is 1.27. The second-order valence-corrected chi connectivity index (χ2v) is 18.9. The molecule has 10 rings (SSSR count). The van der Waals surface area contributed by atoms with Crippen LogP contribution >= 0.6 is 31.9 Å². The van der Waals surface area contributed by atoms with Gasteiger partial charge in [0.1, 0.15) is 59.4 Å². The van der Waals surface area contributed by atoms with Crippen LogP contribution in [-0.2, 0) is 27.3 Å². The van der Waals surface area contributed by atoms with Crippen molar-refractivity contribution < 1.29 is 144 Å². The van der Waals surface area contributed by atoms with Crippen LogP contribution in [0.15, 0.2) is 94.7 Å². The summed E-state index contributed by atoms with van der Waals surface area (Å²) in [6, 6.07) is 19.2. The van der Waals surface area contributed by atoms with Crippen molar-refractivity contribution in [3.8, 4) is 0 Å². The molecule has 2 aromatic carbocycles. The van der Waals surface area contributed by atoms with Crippen molar-refractivity contribution in [1.82, 2.24) is 39.0 Å². The fourth-order valence-electron chi connectivity index (χ4n) is 9.50. The van der Waals surface area contributed by atoms with Crippen molar-refractivity contribution in [1.29, 1.82) is 0 Å². The van der Waals surface area contributed by atoms with Crippen molar-refractivity contribution in [2.75, 3.05) is 22.5 Å². The second kappa shape index (κ2) is 25.4. The van der Waals surface area contributed by atoms with Crippen LogP contribution < -0.4 is 131 Å². The number of fused-ring (bicyclic) bond motifs is 4. The number of aromatic nitrogens is 8. The number of anilines is 4. The molecule has 6 aromatic heterocycles. The molecule has 71 heavy (non-hydrogen) atoms. The quantitative estimate of drug-likeness (QED) is 0.0337. The Balaban J connectivity index is 0.000000240. The molecule has 0 saturated heterocycles. The molecular weight excluding hydrogens is 1100 g/mol. The first-order valence-electron chi connectivity index (χ1n) is 22.0. The molecule has 0 unspecified atom stereocenters. The fourth-order valence-corrected chi connectivity index (χ4v) is 10.3. The summed E-state index contributed by atoms with van der Waals surface area (Å²) < 4.78 is 5.30. The number of hydrogen-bond donors (Lipinski definition) is 8. The van der Waals surface area contributed by atoms with Crippen LogP contribution in [-0.4, -0.2) is 96.3 Å². The molecule has 8 aromatic rings. The number of benzene rings is 2. The Labute approximate surface area is 510 Å². The number of halogens is 2. The number of amides is 1. The molecule has 2 aliphatic rings. The molecule has 2 fully saturated rings. The van der Waals surface area contributed by atoms with Gasteiger partial charge in [-0.2, -0.15) is 0 Å². The van der Waals surface area contributed by atoms with Gasteiger partial charge in [0.2, 0.25) is 5.91 Å². The maximum atomic E-state index is 11.4. The third-order valence-electron chi connectivity index (χ3n) is 13.0. The molecule has 8 atom stereocenters. The van der Waals surface area contributed by atoms with Crippen LogP contribution in [0.2, 0.25) is 0 Å². The van der Waals surface area contributed by atoms with E-state index in [1.807, 2.05) is 76.1 Å². The van der Waals surface area contributed by atoms with E-state index in [0.717, 1.165) is 71.9 Å². The number of carbonyl (C=O) groups excluding carboxylic acids is 2. The molecule has 0 spiro atoms. The van der Waals surface area contributed by atoms with Crippen molar-refractivity contribution in [2.24, 2.45) is 11.8 Å². The normalized spacial score (nSPS) is 21.4. The van der Waals surface area contributed by atoms with Crippen molar-refractivity contribution in [3.05, 3.63) is 106 Å². The molecule has 2 saturated carbocycles. The number of nitrogens with two attached hydrogens (primary N) is 3. The Bertz CT molecular complexity index is 3180. The molecule has 0 radical (unpaired) electrons. The van der Waals surface area contributed by atoms with Crippen LogP contribution in [0.4, 0.5) is 23.3 Å². The minimum absolute atomic E-state index is 0. The average Bonchev–Trinajstić information content (AvgIpc) is 4.10. The maximum Gasteiger partial charge on any atom is 1.00 e. The largest absolute Gasteiger partial charge is 1.00 e. The summed E-state index contributed by atoms with van der Waals surface area (Å²) in [7, 11) is 0. The van der Waals surface area contributed by atoms with Gasteiger partial charge in [-0.05, 0) is 130 Å². The van der Waals surface area contributed by atoms with Crippen LogP contribution in [0.25, 0.3) is 43.9 Å². The van der Waals surface area contributed by atoms with Gasteiger partial charge in [0.15, 0.2) is 0 Å². The monoisotopic (exact) mass is 1150 g/mol.